The first-order valence-corrected chi connectivity index (χ1v) is 8.34. The highest BCUT2D eigenvalue weighted by atomic mass is 32.1. The van der Waals surface area contributed by atoms with Crippen LogP contribution in [0.5, 0.6) is 0 Å². The van der Waals surface area contributed by atoms with Crippen LogP contribution in [0.4, 0.5) is 0 Å². The Morgan fingerprint density at radius 3 is 2.75 bits per heavy atom. The van der Waals surface area contributed by atoms with Crippen molar-refractivity contribution in [2.75, 3.05) is 0 Å². The molecule has 0 aliphatic heterocycles. The molecule has 2 N–H and O–H groups in total. The predicted octanol–water partition coefficient (Wildman–Crippen LogP) is 4.56. The van der Waals surface area contributed by atoms with Crippen molar-refractivity contribution in [3.63, 3.8) is 0 Å². The molecule has 2 atom stereocenters. The Hall–Kier alpha value is -1.19. The van der Waals surface area contributed by atoms with Gasteiger partial charge in [-0.15, -0.1) is 11.3 Å². The van der Waals surface area contributed by atoms with E-state index in [1.54, 1.807) is 0 Å². The fourth-order valence-corrected chi connectivity index (χ4v) is 4.28. The fraction of sp³-hybridized carbons (Fsp3) is 0.471. The molecule has 0 amide bonds. The maximum atomic E-state index is 5.93. The molecule has 2 unspecified atom stereocenters. The second kappa shape index (κ2) is 6.06. The summed E-state index contributed by atoms with van der Waals surface area (Å²) in [7, 11) is 0. The van der Waals surface area contributed by atoms with E-state index in [1.807, 2.05) is 17.4 Å². The van der Waals surface area contributed by atoms with Gasteiger partial charge in [-0.3, -0.25) is 0 Å². The lowest BCUT2D eigenvalue weighted by Gasteiger charge is -2.24. The van der Waals surface area contributed by atoms with Gasteiger partial charge in [0.1, 0.15) is 0 Å². The van der Waals surface area contributed by atoms with E-state index in [0.29, 0.717) is 12.5 Å². The van der Waals surface area contributed by atoms with Crippen molar-refractivity contribution in [3.8, 4) is 11.3 Å². The van der Waals surface area contributed by atoms with Gasteiger partial charge in [0.25, 0.3) is 0 Å². The maximum Gasteiger partial charge on any atom is 0.0966 e. The highest BCUT2D eigenvalue weighted by molar-refractivity contribution is 7.12. The monoisotopic (exact) mass is 286 g/mol. The van der Waals surface area contributed by atoms with Crippen LogP contribution >= 0.6 is 11.3 Å². The van der Waals surface area contributed by atoms with Gasteiger partial charge in [0.05, 0.1) is 10.7 Å². The third kappa shape index (κ3) is 2.79. The number of hydrogen-bond donors (Lipinski definition) is 1. The fourth-order valence-electron chi connectivity index (χ4n) is 3.16. The molecule has 2 aromatic rings. The Morgan fingerprint density at radius 2 is 2.05 bits per heavy atom. The van der Waals surface area contributed by atoms with E-state index in [9.17, 15) is 0 Å². The number of aromatic nitrogens is 1. The van der Waals surface area contributed by atoms with Crippen molar-refractivity contribution in [2.24, 2.45) is 11.7 Å². The topological polar surface area (TPSA) is 38.9 Å². The first kappa shape index (κ1) is 13.8. The second-order valence-corrected chi connectivity index (χ2v) is 6.98. The zero-order valence-corrected chi connectivity index (χ0v) is 12.8. The summed E-state index contributed by atoms with van der Waals surface area (Å²) >= 11 is 1.83. The Bertz CT molecular complexity index is 562. The van der Waals surface area contributed by atoms with Crippen molar-refractivity contribution in [1.29, 1.82) is 0 Å². The zero-order valence-electron chi connectivity index (χ0n) is 12.0. The van der Waals surface area contributed by atoms with E-state index in [4.69, 9.17) is 10.7 Å². The van der Waals surface area contributed by atoms with E-state index in [0.717, 1.165) is 11.6 Å². The van der Waals surface area contributed by atoms with E-state index < -0.39 is 0 Å². The summed E-state index contributed by atoms with van der Waals surface area (Å²) in [5, 5.41) is 1.30. The first-order chi connectivity index (χ1) is 9.78. The molecule has 0 radical (unpaired) electrons. The van der Waals surface area contributed by atoms with Gasteiger partial charge in [-0.25, -0.2) is 4.98 Å². The van der Waals surface area contributed by atoms with Gasteiger partial charge in [0.2, 0.25) is 0 Å². The summed E-state index contributed by atoms with van der Waals surface area (Å²) in [6.45, 7) is 2.95. The summed E-state index contributed by atoms with van der Waals surface area (Å²) in [5.74, 6) is 1.48. The molecule has 2 nitrogen and oxygen atoms in total. The van der Waals surface area contributed by atoms with Crippen LogP contribution in [0.1, 0.15) is 48.4 Å². The summed E-state index contributed by atoms with van der Waals surface area (Å²) in [6.07, 6.45) is 5.28. The molecule has 0 bridgehead atoms. The van der Waals surface area contributed by atoms with Gasteiger partial charge < -0.3 is 5.73 Å². The first-order valence-electron chi connectivity index (χ1n) is 7.53. The van der Waals surface area contributed by atoms with Crippen LogP contribution in [-0.4, -0.2) is 4.98 Å². The number of thiazole rings is 1. The van der Waals surface area contributed by atoms with Gasteiger partial charge in [-0.2, -0.15) is 0 Å². The summed E-state index contributed by atoms with van der Waals surface area (Å²) in [6, 6.07) is 10.4. The van der Waals surface area contributed by atoms with E-state index >= 15 is 0 Å². The number of rotatable bonds is 3. The van der Waals surface area contributed by atoms with Crippen LogP contribution in [0.15, 0.2) is 30.3 Å². The van der Waals surface area contributed by atoms with E-state index in [2.05, 4.69) is 31.2 Å². The molecule has 1 saturated carbocycles. The molecule has 1 fully saturated rings. The molecule has 3 heteroatoms. The number of nitrogens with zero attached hydrogens (tertiary/aromatic N) is 1. The Labute approximate surface area is 125 Å². The molecular formula is C17H22N2S. The normalized spacial score (nSPS) is 22.9. The van der Waals surface area contributed by atoms with Gasteiger partial charge in [0.15, 0.2) is 0 Å². The van der Waals surface area contributed by atoms with Crippen molar-refractivity contribution < 1.29 is 0 Å². The second-order valence-electron chi connectivity index (χ2n) is 5.86. The van der Waals surface area contributed by atoms with Gasteiger partial charge in [-0.05, 0) is 18.8 Å². The Kier molecular flexibility index (Phi) is 4.18. The molecule has 0 saturated heterocycles. The van der Waals surface area contributed by atoms with Crippen LogP contribution < -0.4 is 5.73 Å². The van der Waals surface area contributed by atoms with E-state index in [-0.39, 0.29) is 0 Å². The Morgan fingerprint density at radius 1 is 1.25 bits per heavy atom. The lowest BCUT2D eigenvalue weighted by atomic mass is 9.83. The van der Waals surface area contributed by atoms with Gasteiger partial charge in [-0.1, -0.05) is 50.1 Å². The van der Waals surface area contributed by atoms with Crippen molar-refractivity contribution in [2.45, 2.75) is 45.1 Å². The highest BCUT2D eigenvalue weighted by Crippen LogP contribution is 2.40. The summed E-state index contributed by atoms with van der Waals surface area (Å²) < 4.78 is 0. The lowest BCUT2D eigenvalue weighted by Crippen LogP contribution is -2.11. The van der Waals surface area contributed by atoms with Gasteiger partial charge >= 0.3 is 0 Å². The van der Waals surface area contributed by atoms with Gasteiger partial charge in [0, 0.05) is 22.9 Å². The minimum absolute atomic E-state index is 0.587. The smallest absolute Gasteiger partial charge is 0.0966 e. The van der Waals surface area contributed by atoms with E-state index in [1.165, 1.54) is 41.1 Å². The van der Waals surface area contributed by atoms with Crippen LogP contribution in [0.3, 0.4) is 0 Å². The standard InChI is InChI=1S/C17H22N2S/c1-12-6-5-9-14(10-12)17-19-16(15(11-18)20-17)13-7-3-2-4-8-13/h2-4,7-8,12,14H,5-6,9-11,18H2,1H3. The summed E-state index contributed by atoms with van der Waals surface area (Å²) in [4.78, 5) is 6.17. The van der Waals surface area contributed by atoms with Crippen LogP contribution in [0.25, 0.3) is 11.3 Å². The van der Waals surface area contributed by atoms with Crippen LogP contribution in [-0.2, 0) is 6.54 Å². The minimum Gasteiger partial charge on any atom is -0.326 e. The molecule has 1 aliphatic rings. The molecule has 20 heavy (non-hydrogen) atoms. The Balaban J connectivity index is 1.92. The van der Waals surface area contributed by atoms with Crippen LogP contribution in [0.2, 0.25) is 0 Å². The number of hydrogen-bond acceptors (Lipinski definition) is 3. The van der Waals surface area contributed by atoms with Crippen molar-refractivity contribution >= 4 is 11.3 Å². The molecule has 3 rings (SSSR count). The zero-order chi connectivity index (χ0) is 13.9. The third-order valence-electron chi connectivity index (χ3n) is 4.23. The minimum atomic E-state index is 0.587. The predicted molar refractivity (Wildman–Crippen MR) is 85.8 cm³/mol. The SMILES string of the molecule is CC1CCCC(c2nc(-c3ccccc3)c(CN)s2)C1. The highest BCUT2D eigenvalue weighted by Gasteiger charge is 2.24. The average Bonchev–Trinajstić information content (AvgIpc) is 2.92. The third-order valence-corrected chi connectivity index (χ3v) is 5.47. The molecule has 1 aromatic carbocycles. The number of benzene rings is 1. The molecule has 106 valence electrons. The summed E-state index contributed by atoms with van der Waals surface area (Å²) in [5.41, 5.74) is 8.23. The lowest BCUT2D eigenvalue weighted by molar-refractivity contribution is 0.343. The maximum absolute atomic E-state index is 5.93. The average molecular weight is 286 g/mol. The molecular weight excluding hydrogens is 264 g/mol. The molecule has 0 spiro atoms. The molecule has 1 heterocycles. The molecule has 1 aliphatic carbocycles. The largest absolute Gasteiger partial charge is 0.326 e. The quantitative estimate of drug-likeness (QED) is 0.898. The van der Waals surface area contributed by atoms with Crippen molar-refractivity contribution in [3.05, 3.63) is 40.2 Å². The molecule has 1 aromatic heterocycles. The van der Waals surface area contributed by atoms with Crippen molar-refractivity contribution in [1.82, 2.24) is 4.98 Å². The van der Waals surface area contributed by atoms with Crippen LogP contribution in [0, 0.1) is 5.92 Å². The number of nitrogens with two attached hydrogens (primary N) is 1.